The topological polar surface area (TPSA) is 3.24 Å². The Morgan fingerprint density at radius 1 is 0.950 bits per heavy atom. The zero-order valence-corrected chi connectivity index (χ0v) is 10.6. The first-order valence-electron chi connectivity index (χ1n) is 6.24. The van der Waals surface area contributed by atoms with Crippen LogP contribution in [-0.4, -0.2) is 11.4 Å². The number of alkyl halides is 3. The fourth-order valence-electron chi connectivity index (χ4n) is 2.27. The van der Waals surface area contributed by atoms with Crippen molar-refractivity contribution in [2.75, 3.05) is 6.54 Å². The number of hydrogen-bond donors (Lipinski definition) is 0. The molecule has 0 aromatic heterocycles. The van der Waals surface area contributed by atoms with E-state index in [0.29, 0.717) is 6.54 Å². The molecule has 20 heavy (non-hydrogen) atoms. The lowest BCUT2D eigenvalue weighted by Gasteiger charge is -2.28. The molecule has 0 spiro atoms. The van der Waals surface area contributed by atoms with E-state index in [0.717, 1.165) is 29.0 Å². The van der Waals surface area contributed by atoms with Crippen molar-refractivity contribution in [1.29, 1.82) is 0 Å². The summed E-state index contributed by atoms with van der Waals surface area (Å²) in [5.74, 6) is 0. The molecule has 1 aromatic carbocycles. The number of rotatable bonds is 1. The number of nitrogens with zero attached hydrogens (tertiary/aromatic N) is 1. The number of hydrogen-bond acceptors (Lipinski definition) is 1. The van der Waals surface area contributed by atoms with Crippen LogP contribution in [0.5, 0.6) is 0 Å². The predicted molar refractivity (Wildman–Crippen MR) is 72.5 cm³/mol. The van der Waals surface area contributed by atoms with E-state index in [1.807, 2.05) is 36.6 Å². The molecule has 0 N–H and O–H groups in total. The first-order valence-corrected chi connectivity index (χ1v) is 6.24. The minimum atomic E-state index is -4.28. The Morgan fingerprint density at radius 2 is 1.70 bits per heavy atom. The third-order valence-electron chi connectivity index (χ3n) is 3.35. The van der Waals surface area contributed by atoms with Crippen LogP contribution in [0.4, 0.5) is 13.2 Å². The minimum Gasteiger partial charge on any atom is -0.344 e. The average Bonchev–Trinajstić information content (AvgIpc) is 2.46. The summed E-state index contributed by atoms with van der Waals surface area (Å²) >= 11 is 0. The van der Waals surface area contributed by atoms with Gasteiger partial charge >= 0.3 is 6.18 Å². The molecule has 2 aliphatic heterocycles. The molecule has 0 bridgehead atoms. The highest BCUT2D eigenvalue weighted by molar-refractivity contribution is 5.71. The Bertz CT molecular complexity index is 631. The average molecular weight is 275 g/mol. The molecule has 0 unspecified atom stereocenters. The molecule has 4 heteroatoms. The lowest BCUT2D eigenvalue weighted by Crippen LogP contribution is -2.21. The summed E-state index contributed by atoms with van der Waals surface area (Å²) in [6.07, 6.45) is 7.50. The molecule has 1 aromatic rings. The van der Waals surface area contributed by atoms with Gasteiger partial charge < -0.3 is 4.90 Å². The molecule has 0 saturated carbocycles. The lowest BCUT2D eigenvalue weighted by atomic mass is 10.00. The Kier molecular flexibility index (Phi) is 3.01. The lowest BCUT2D eigenvalue weighted by molar-refractivity contribution is -0.137. The van der Waals surface area contributed by atoms with Gasteiger partial charge in [0.05, 0.1) is 5.56 Å². The van der Waals surface area contributed by atoms with Crippen LogP contribution in [-0.2, 0) is 6.18 Å². The molecule has 1 nitrogen and oxygen atoms in total. The highest BCUT2D eigenvalue weighted by Gasteiger charge is 2.30. The van der Waals surface area contributed by atoms with Crippen molar-refractivity contribution in [3.05, 3.63) is 77.7 Å². The van der Waals surface area contributed by atoms with Crippen LogP contribution in [0.15, 0.2) is 66.5 Å². The first-order chi connectivity index (χ1) is 9.54. The van der Waals surface area contributed by atoms with Crippen molar-refractivity contribution in [3.8, 4) is 0 Å². The smallest absolute Gasteiger partial charge is 0.344 e. The van der Waals surface area contributed by atoms with E-state index < -0.39 is 11.7 Å². The van der Waals surface area contributed by atoms with Crippen molar-refractivity contribution in [2.45, 2.75) is 6.18 Å². The maximum absolute atomic E-state index is 12.5. The fourth-order valence-corrected chi connectivity index (χ4v) is 2.27. The van der Waals surface area contributed by atoms with E-state index >= 15 is 0 Å². The van der Waals surface area contributed by atoms with E-state index in [4.69, 9.17) is 0 Å². The quantitative estimate of drug-likeness (QED) is 0.735. The maximum atomic E-state index is 12.5. The largest absolute Gasteiger partial charge is 0.416 e. The van der Waals surface area contributed by atoms with Crippen LogP contribution < -0.4 is 0 Å². The fraction of sp³-hybridized carbons (Fsp3) is 0.125. The molecule has 0 aliphatic carbocycles. The summed E-state index contributed by atoms with van der Waals surface area (Å²) in [5, 5.41) is 0. The summed E-state index contributed by atoms with van der Waals surface area (Å²) in [7, 11) is 0. The zero-order chi connectivity index (χ0) is 14.2. The van der Waals surface area contributed by atoms with Crippen LogP contribution in [0, 0.1) is 0 Å². The Labute approximate surface area is 115 Å². The summed E-state index contributed by atoms with van der Waals surface area (Å²) in [4.78, 5) is 2.06. The van der Waals surface area contributed by atoms with Gasteiger partial charge in [-0.3, -0.25) is 0 Å². The molecular weight excluding hydrogens is 263 g/mol. The Balaban J connectivity index is 1.87. The number of fused-ring (bicyclic) bond motifs is 1. The van der Waals surface area contributed by atoms with Crippen LogP contribution in [0.1, 0.15) is 11.1 Å². The van der Waals surface area contributed by atoms with E-state index in [9.17, 15) is 13.2 Å². The predicted octanol–water partition coefficient (Wildman–Crippen LogP) is 4.37. The third kappa shape index (κ3) is 2.41. The highest BCUT2D eigenvalue weighted by Crippen LogP contribution is 2.31. The van der Waals surface area contributed by atoms with Crippen molar-refractivity contribution in [1.82, 2.24) is 4.90 Å². The second-order valence-electron chi connectivity index (χ2n) is 4.69. The van der Waals surface area contributed by atoms with Gasteiger partial charge in [0.15, 0.2) is 0 Å². The van der Waals surface area contributed by atoms with Gasteiger partial charge in [0.25, 0.3) is 0 Å². The molecular formula is C16H12F3N. The van der Waals surface area contributed by atoms with Crippen molar-refractivity contribution < 1.29 is 13.2 Å². The third-order valence-corrected chi connectivity index (χ3v) is 3.35. The number of benzene rings is 1. The first kappa shape index (κ1) is 12.8. The molecule has 3 rings (SSSR count). The standard InChI is InChI=1S/C16H12F3N/c17-16(18,19)14-7-4-12(5-8-14)13-6-9-15-3-1-2-10-20(15)11-13/h1-10H,11H2. The summed E-state index contributed by atoms with van der Waals surface area (Å²) in [6, 6.07) is 5.30. The van der Waals surface area contributed by atoms with Crippen LogP contribution >= 0.6 is 0 Å². The van der Waals surface area contributed by atoms with E-state index in [-0.39, 0.29) is 0 Å². The molecule has 0 amide bonds. The SMILES string of the molecule is FC(F)(F)c1ccc(C2=CC=C3C=CC=CN3C2)cc1. The molecule has 0 saturated heterocycles. The monoisotopic (exact) mass is 275 g/mol. The van der Waals surface area contributed by atoms with Gasteiger partial charge in [0, 0.05) is 18.4 Å². The van der Waals surface area contributed by atoms with E-state index in [1.165, 1.54) is 12.1 Å². The van der Waals surface area contributed by atoms with Gasteiger partial charge in [-0.2, -0.15) is 13.2 Å². The Morgan fingerprint density at radius 3 is 2.40 bits per heavy atom. The van der Waals surface area contributed by atoms with Gasteiger partial charge in [-0.25, -0.2) is 0 Å². The number of allylic oxidation sites excluding steroid dienone is 5. The number of halogens is 3. The second kappa shape index (κ2) is 4.71. The van der Waals surface area contributed by atoms with Crippen LogP contribution in [0.3, 0.4) is 0 Å². The highest BCUT2D eigenvalue weighted by atomic mass is 19.4. The minimum absolute atomic E-state index is 0.616. The summed E-state index contributed by atoms with van der Waals surface area (Å²) in [5.41, 5.74) is 2.29. The summed E-state index contributed by atoms with van der Waals surface area (Å²) in [6.45, 7) is 0.665. The zero-order valence-electron chi connectivity index (χ0n) is 10.6. The second-order valence-corrected chi connectivity index (χ2v) is 4.69. The van der Waals surface area contributed by atoms with Crippen molar-refractivity contribution in [2.24, 2.45) is 0 Å². The molecule has 0 fully saturated rings. The van der Waals surface area contributed by atoms with Gasteiger partial charge in [0.1, 0.15) is 0 Å². The van der Waals surface area contributed by atoms with Crippen LogP contribution in [0.2, 0.25) is 0 Å². The van der Waals surface area contributed by atoms with Crippen molar-refractivity contribution >= 4 is 5.57 Å². The van der Waals surface area contributed by atoms with Gasteiger partial charge in [0.2, 0.25) is 0 Å². The Hall–Kier alpha value is -2.23. The molecule has 102 valence electrons. The van der Waals surface area contributed by atoms with E-state index in [1.54, 1.807) is 0 Å². The van der Waals surface area contributed by atoms with E-state index in [2.05, 4.69) is 4.90 Å². The maximum Gasteiger partial charge on any atom is 0.416 e. The molecule has 0 radical (unpaired) electrons. The van der Waals surface area contributed by atoms with Crippen LogP contribution in [0.25, 0.3) is 5.57 Å². The molecule has 2 aliphatic rings. The van der Waals surface area contributed by atoms with Crippen molar-refractivity contribution in [3.63, 3.8) is 0 Å². The normalized spacial score (nSPS) is 17.6. The van der Waals surface area contributed by atoms with Gasteiger partial charge in [-0.1, -0.05) is 24.3 Å². The molecule has 0 atom stereocenters. The molecule has 2 heterocycles. The summed E-state index contributed by atoms with van der Waals surface area (Å²) < 4.78 is 37.6. The van der Waals surface area contributed by atoms with Gasteiger partial charge in [-0.05, 0) is 41.5 Å². The van der Waals surface area contributed by atoms with Gasteiger partial charge in [-0.15, -0.1) is 0 Å².